The molecule has 8 heteroatoms. The third-order valence-electron chi connectivity index (χ3n) is 4.95. The predicted octanol–water partition coefficient (Wildman–Crippen LogP) is 3.82. The summed E-state index contributed by atoms with van der Waals surface area (Å²) in [6.45, 7) is 3.49. The first-order valence-corrected chi connectivity index (χ1v) is 9.97. The molecule has 1 heterocycles. The van der Waals surface area contributed by atoms with E-state index < -0.39 is 4.92 Å². The van der Waals surface area contributed by atoms with Crippen LogP contribution in [0, 0.1) is 10.1 Å². The number of carbonyl (C=O) groups is 1. The fourth-order valence-corrected chi connectivity index (χ4v) is 3.50. The number of nitro groups is 1. The smallest absolute Gasteiger partial charge is 0.311 e. The van der Waals surface area contributed by atoms with Crippen molar-refractivity contribution in [1.82, 2.24) is 4.90 Å². The van der Waals surface area contributed by atoms with Gasteiger partial charge in [-0.3, -0.25) is 14.9 Å². The van der Waals surface area contributed by atoms with E-state index in [0.717, 1.165) is 18.4 Å². The maximum Gasteiger partial charge on any atom is 0.311 e. The molecule has 1 aliphatic rings. The van der Waals surface area contributed by atoms with E-state index in [-0.39, 0.29) is 29.0 Å². The van der Waals surface area contributed by atoms with Gasteiger partial charge >= 0.3 is 5.69 Å². The van der Waals surface area contributed by atoms with Gasteiger partial charge < -0.3 is 19.1 Å². The molecule has 0 N–H and O–H groups in total. The Bertz CT molecular complexity index is 895. The van der Waals surface area contributed by atoms with Crippen molar-refractivity contribution in [2.45, 2.75) is 32.4 Å². The Morgan fingerprint density at radius 1 is 1.30 bits per heavy atom. The Balaban J connectivity index is 1.88. The molecule has 0 radical (unpaired) electrons. The molecule has 3 rings (SSSR count). The molecule has 8 nitrogen and oxygen atoms in total. The fourth-order valence-electron chi connectivity index (χ4n) is 3.50. The summed E-state index contributed by atoms with van der Waals surface area (Å²) >= 11 is 0. The van der Waals surface area contributed by atoms with Gasteiger partial charge in [0.15, 0.2) is 5.75 Å². The van der Waals surface area contributed by atoms with E-state index >= 15 is 0 Å². The van der Waals surface area contributed by atoms with Crippen LogP contribution >= 0.6 is 0 Å². The van der Waals surface area contributed by atoms with Gasteiger partial charge in [0, 0.05) is 31.3 Å². The zero-order chi connectivity index (χ0) is 21.5. The number of methoxy groups -OCH3 is 1. The first-order chi connectivity index (χ1) is 14.5. The van der Waals surface area contributed by atoms with E-state index in [1.54, 1.807) is 25.0 Å². The van der Waals surface area contributed by atoms with Gasteiger partial charge in [0.05, 0.1) is 24.7 Å². The lowest BCUT2D eigenvalue weighted by atomic mass is 10.1. The number of hydrogen-bond acceptors (Lipinski definition) is 6. The molecule has 1 fully saturated rings. The minimum atomic E-state index is -0.533. The van der Waals surface area contributed by atoms with Crippen LogP contribution in [0.4, 0.5) is 5.69 Å². The lowest BCUT2D eigenvalue weighted by molar-refractivity contribution is -0.385. The number of carbonyl (C=O) groups excluding carboxylic acids is 1. The highest BCUT2D eigenvalue weighted by Crippen LogP contribution is 2.29. The van der Waals surface area contributed by atoms with Crippen LogP contribution in [-0.2, 0) is 11.3 Å². The molecule has 1 aliphatic heterocycles. The maximum absolute atomic E-state index is 13.3. The van der Waals surface area contributed by atoms with E-state index in [4.69, 9.17) is 14.2 Å². The molecular weight excluding hydrogens is 388 g/mol. The summed E-state index contributed by atoms with van der Waals surface area (Å²) in [6, 6.07) is 11.8. The van der Waals surface area contributed by atoms with E-state index in [1.165, 1.54) is 12.1 Å². The number of hydrogen-bond donors (Lipinski definition) is 0. The minimum absolute atomic E-state index is 0.0442. The van der Waals surface area contributed by atoms with E-state index in [2.05, 4.69) is 0 Å². The van der Waals surface area contributed by atoms with Crippen LogP contribution in [-0.4, -0.2) is 48.7 Å². The average Bonchev–Trinajstić information content (AvgIpc) is 3.26. The lowest BCUT2D eigenvalue weighted by Gasteiger charge is -2.26. The van der Waals surface area contributed by atoms with Crippen molar-refractivity contribution in [3.8, 4) is 11.5 Å². The quantitative estimate of drug-likeness (QED) is 0.458. The van der Waals surface area contributed by atoms with E-state index in [1.807, 2.05) is 24.3 Å². The fraction of sp³-hybridized carbons (Fsp3) is 0.409. The second-order valence-corrected chi connectivity index (χ2v) is 7.04. The average molecular weight is 414 g/mol. The lowest BCUT2D eigenvalue weighted by Crippen LogP contribution is -2.37. The van der Waals surface area contributed by atoms with Crippen LogP contribution in [0.25, 0.3) is 0 Å². The molecule has 0 saturated carbocycles. The highest BCUT2D eigenvalue weighted by Gasteiger charge is 2.26. The first kappa shape index (κ1) is 21.6. The van der Waals surface area contributed by atoms with Gasteiger partial charge in [0.1, 0.15) is 5.75 Å². The molecule has 30 heavy (non-hydrogen) atoms. The van der Waals surface area contributed by atoms with Crippen molar-refractivity contribution >= 4 is 11.6 Å². The number of benzene rings is 2. The van der Waals surface area contributed by atoms with Crippen molar-refractivity contribution < 1.29 is 23.9 Å². The van der Waals surface area contributed by atoms with Crippen LogP contribution in [0.5, 0.6) is 11.5 Å². The van der Waals surface area contributed by atoms with Gasteiger partial charge in [-0.15, -0.1) is 0 Å². The molecule has 1 unspecified atom stereocenters. The van der Waals surface area contributed by atoms with Crippen molar-refractivity contribution in [3.63, 3.8) is 0 Å². The summed E-state index contributed by atoms with van der Waals surface area (Å²) in [5, 5.41) is 11.4. The first-order valence-electron chi connectivity index (χ1n) is 9.97. The van der Waals surface area contributed by atoms with Gasteiger partial charge in [-0.05, 0) is 49.6 Å². The van der Waals surface area contributed by atoms with Crippen LogP contribution in [0.15, 0.2) is 42.5 Å². The van der Waals surface area contributed by atoms with E-state index in [0.29, 0.717) is 32.1 Å². The van der Waals surface area contributed by atoms with Crippen molar-refractivity contribution in [1.29, 1.82) is 0 Å². The summed E-state index contributed by atoms with van der Waals surface area (Å²) in [4.78, 5) is 25.9. The summed E-state index contributed by atoms with van der Waals surface area (Å²) < 4.78 is 16.3. The number of amides is 1. The Morgan fingerprint density at radius 2 is 2.13 bits per heavy atom. The molecule has 0 aliphatic carbocycles. The Labute approximate surface area is 175 Å². The summed E-state index contributed by atoms with van der Waals surface area (Å²) in [5.74, 6) is 0.561. The zero-order valence-electron chi connectivity index (χ0n) is 17.2. The van der Waals surface area contributed by atoms with Crippen LogP contribution in [0.1, 0.15) is 35.7 Å². The topological polar surface area (TPSA) is 91.1 Å². The highest BCUT2D eigenvalue weighted by atomic mass is 16.6. The van der Waals surface area contributed by atoms with Crippen molar-refractivity contribution in [2.24, 2.45) is 0 Å². The van der Waals surface area contributed by atoms with Gasteiger partial charge in [-0.25, -0.2) is 0 Å². The molecule has 0 bridgehead atoms. The summed E-state index contributed by atoms with van der Waals surface area (Å²) in [7, 11) is 1.59. The predicted molar refractivity (Wildman–Crippen MR) is 111 cm³/mol. The number of nitrogens with zero attached hydrogens (tertiary/aromatic N) is 2. The van der Waals surface area contributed by atoms with Crippen molar-refractivity contribution in [2.75, 3.05) is 26.9 Å². The minimum Gasteiger partial charge on any atom is -0.497 e. The third kappa shape index (κ3) is 5.27. The molecule has 2 aromatic rings. The Hall–Kier alpha value is -3.13. The molecule has 160 valence electrons. The monoisotopic (exact) mass is 414 g/mol. The van der Waals surface area contributed by atoms with E-state index in [9.17, 15) is 14.9 Å². The molecular formula is C22H26N2O6. The SMILES string of the molecule is CCOc1ccc(C(=O)N(Cc2cccc(OC)c2)CC2CCCO2)cc1[N+](=O)[O-]. The Morgan fingerprint density at radius 3 is 2.80 bits per heavy atom. The van der Waals surface area contributed by atoms with Crippen molar-refractivity contribution in [3.05, 3.63) is 63.7 Å². The molecule has 1 amide bonds. The van der Waals surface area contributed by atoms with Gasteiger partial charge in [0.25, 0.3) is 5.91 Å². The Kier molecular flexibility index (Phi) is 7.24. The number of ether oxygens (including phenoxy) is 3. The second kappa shape index (κ2) is 10.1. The largest absolute Gasteiger partial charge is 0.497 e. The summed E-state index contributed by atoms with van der Waals surface area (Å²) in [6.07, 6.45) is 1.79. The van der Waals surface area contributed by atoms with Gasteiger partial charge in [0.2, 0.25) is 0 Å². The maximum atomic E-state index is 13.3. The number of rotatable bonds is 9. The number of nitro benzene ring substituents is 1. The van der Waals surface area contributed by atoms with Crippen LogP contribution in [0.3, 0.4) is 0 Å². The normalized spacial score (nSPS) is 15.6. The molecule has 0 aromatic heterocycles. The van der Waals surface area contributed by atoms with Gasteiger partial charge in [-0.2, -0.15) is 0 Å². The zero-order valence-corrected chi connectivity index (χ0v) is 17.2. The van der Waals surface area contributed by atoms with Crippen LogP contribution < -0.4 is 9.47 Å². The molecule has 2 aromatic carbocycles. The molecule has 0 spiro atoms. The molecule has 1 saturated heterocycles. The third-order valence-corrected chi connectivity index (χ3v) is 4.95. The molecule has 1 atom stereocenters. The van der Waals surface area contributed by atoms with Gasteiger partial charge in [-0.1, -0.05) is 12.1 Å². The standard InChI is InChI=1S/C22H26N2O6/c1-3-29-21-10-9-17(13-20(21)24(26)27)22(25)23(15-19-8-5-11-30-19)14-16-6-4-7-18(12-16)28-2/h4,6-7,9-10,12-13,19H,3,5,8,11,14-15H2,1-2H3. The summed E-state index contributed by atoms with van der Waals surface area (Å²) in [5.41, 5.74) is 0.924. The highest BCUT2D eigenvalue weighted by molar-refractivity contribution is 5.95. The van der Waals surface area contributed by atoms with Crippen LogP contribution in [0.2, 0.25) is 0 Å². The second-order valence-electron chi connectivity index (χ2n) is 7.04.